The van der Waals surface area contributed by atoms with E-state index in [2.05, 4.69) is 51.1 Å². The van der Waals surface area contributed by atoms with E-state index in [0.717, 1.165) is 0 Å². The maximum Gasteiger partial charge on any atom is -0.0228 e. The maximum atomic E-state index is 2.30. The van der Waals surface area contributed by atoms with Crippen molar-refractivity contribution in [1.82, 2.24) is 0 Å². The van der Waals surface area contributed by atoms with Gasteiger partial charge in [0.25, 0.3) is 0 Å². The molecule has 0 atom stereocenters. The summed E-state index contributed by atoms with van der Waals surface area (Å²) in [6.07, 6.45) is 9.74. The molecule has 0 radical (unpaired) electrons. The topological polar surface area (TPSA) is 0 Å². The first-order valence-corrected chi connectivity index (χ1v) is 5.98. The van der Waals surface area contributed by atoms with Crippen LogP contribution in [0.15, 0.2) is 24.3 Å². The number of benzene rings is 1. The molecule has 0 amide bonds. The number of hydrogen-bond acceptors (Lipinski definition) is 0. The van der Waals surface area contributed by atoms with Crippen LogP contribution in [-0.4, -0.2) is 0 Å². The van der Waals surface area contributed by atoms with Gasteiger partial charge in [-0.15, -0.1) is 0 Å². The summed E-state index contributed by atoms with van der Waals surface area (Å²) < 4.78 is 0. The Bertz CT molecular complexity index is 321. The van der Waals surface area contributed by atoms with E-state index in [-0.39, 0.29) is 0 Å². The van der Waals surface area contributed by atoms with Gasteiger partial charge in [0.1, 0.15) is 0 Å². The lowest BCUT2D eigenvalue weighted by Gasteiger charge is -2.03. The van der Waals surface area contributed by atoms with Gasteiger partial charge in [0.15, 0.2) is 0 Å². The molecule has 15 heavy (non-hydrogen) atoms. The fourth-order valence-corrected chi connectivity index (χ4v) is 1.68. The lowest BCUT2D eigenvalue weighted by Crippen LogP contribution is -1.84. The Labute approximate surface area is 94.0 Å². The fourth-order valence-electron chi connectivity index (χ4n) is 1.68. The summed E-state index contributed by atoms with van der Waals surface area (Å²) in [5, 5.41) is 0. The highest BCUT2D eigenvalue weighted by Gasteiger charge is 1.95. The molecule has 0 unspecified atom stereocenters. The van der Waals surface area contributed by atoms with E-state index in [1.54, 1.807) is 0 Å². The van der Waals surface area contributed by atoms with Gasteiger partial charge in [-0.2, -0.15) is 0 Å². The number of hydrogen-bond donors (Lipinski definition) is 0. The van der Waals surface area contributed by atoms with Crippen molar-refractivity contribution in [3.63, 3.8) is 0 Å². The summed E-state index contributed by atoms with van der Waals surface area (Å²) in [4.78, 5) is 0. The van der Waals surface area contributed by atoms with Crippen LogP contribution in [-0.2, 0) is 0 Å². The van der Waals surface area contributed by atoms with E-state index in [1.165, 1.54) is 42.4 Å². The smallest absolute Gasteiger partial charge is 0.0228 e. The molecule has 1 aromatic carbocycles. The maximum absolute atomic E-state index is 2.30. The predicted octanol–water partition coefficient (Wildman–Crippen LogP) is 4.90. The van der Waals surface area contributed by atoms with Crippen LogP contribution in [0.25, 0.3) is 6.08 Å². The Morgan fingerprint density at radius 2 is 1.93 bits per heavy atom. The Balaban J connectivity index is 2.53. The largest absolute Gasteiger partial charge is 0.0839 e. The van der Waals surface area contributed by atoms with E-state index in [0.29, 0.717) is 0 Å². The number of unbranched alkanes of at least 4 members (excludes halogenated alkanes) is 3. The molecule has 82 valence electrons. The van der Waals surface area contributed by atoms with E-state index in [4.69, 9.17) is 0 Å². The number of aryl methyl sites for hydroxylation is 1. The van der Waals surface area contributed by atoms with Crippen molar-refractivity contribution in [3.8, 4) is 0 Å². The molecule has 0 aliphatic rings. The summed E-state index contributed by atoms with van der Waals surface area (Å²) in [5.74, 6) is 0. The molecule has 1 aromatic rings. The van der Waals surface area contributed by atoms with Gasteiger partial charge in [-0.05, 0) is 43.4 Å². The first-order valence-electron chi connectivity index (χ1n) is 5.98. The molecule has 0 bridgehead atoms. The minimum Gasteiger partial charge on any atom is -0.0839 e. The monoisotopic (exact) mass is 202 g/mol. The van der Waals surface area contributed by atoms with Gasteiger partial charge in [-0.3, -0.25) is 0 Å². The zero-order chi connectivity index (χ0) is 11.1. The average Bonchev–Trinajstić information content (AvgIpc) is 2.24. The number of allylic oxidation sites excluding steroid dienone is 1. The van der Waals surface area contributed by atoms with Gasteiger partial charge in [0.05, 0.1) is 0 Å². The van der Waals surface area contributed by atoms with Crippen LogP contribution in [0.4, 0.5) is 0 Å². The van der Waals surface area contributed by atoms with Crippen LogP contribution < -0.4 is 0 Å². The van der Waals surface area contributed by atoms with Gasteiger partial charge in [0.2, 0.25) is 0 Å². The minimum atomic E-state index is 1.21. The third-order valence-corrected chi connectivity index (χ3v) is 2.92. The molecule has 0 saturated heterocycles. The summed E-state index contributed by atoms with van der Waals surface area (Å²) in [6, 6.07) is 6.50. The summed E-state index contributed by atoms with van der Waals surface area (Å²) in [5.41, 5.74) is 4.15. The molecular weight excluding hydrogens is 180 g/mol. The number of rotatable bonds is 5. The zero-order valence-corrected chi connectivity index (χ0v) is 10.2. The Morgan fingerprint density at radius 3 is 2.67 bits per heavy atom. The van der Waals surface area contributed by atoms with Gasteiger partial charge < -0.3 is 0 Å². The molecule has 1 rings (SSSR count). The normalized spacial score (nSPS) is 11.1. The molecule has 0 aliphatic heterocycles. The van der Waals surface area contributed by atoms with Crippen LogP contribution in [0.5, 0.6) is 0 Å². The molecule has 0 spiro atoms. The Kier molecular flexibility index (Phi) is 5.17. The van der Waals surface area contributed by atoms with Crippen molar-refractivity contribution >= 4 is 6.08 Å². The van der Waals surface area contributed by atoms with E-state index >= 15 is 0 Å². The summed E-state index contributed by atoms with van der Waals surface area (Å²) >= 11 is 0. The van der Waals surface area contributed by atoms with Gasteiger partial charge in [-0.1, -0.05) is 50.1 Å². The standard InChI is InChI=1S/C15H22/c1-4-5-6-7-8-11-15-12-9-10-13(2)14(15)3/h8-12H,4-7H2,1-3H3. The Morgan fingerprint density at radius 1 is 1.13 bits per heavy atom. The minimum absolute atomic E-state index is 1.21. The molecule has 0 fully saturated rings. The molecule has 0 N–H and O–H groups in total. The third-order valence-electron chi connectivity index (χ3n) is 2.92. The van der Waals surface area contributed by atoms with Crippen LogP contribution in [0.1, 0.15) is 49.3 Å². The summed E-state index contributed by atoms with van der Waals surface area (Å²) in [6.45, 7) is 6.61. The van der Waals surface area contributed by atoms with E-state index in [1.807, 2.05) is 0 Å². The highest BCUT2D eigenvalue weighted by molar-refractivity contribution is 5.55. The zero-order valence-electron chi connectivity index (χ0n) is 10.2. The van der Waals surface area contributed by atoms with Crippen LogP contribution >= 0.6 is 0 Å². The quantitative estimate of drug-likeness (QED) is 0.596. The van der Waals surface area contributed by atoms with Crippen molar-refractivity contribution in [1.29, 1.82) is 0 Å². The molecule has 0 aromatic heterocycles. The van der Waals surface area contributed by atoms with Crippen molar-refractivity contribution in [3.05, 3.63) is 41.0 Å². The van der Waals surface area contributed by atoms with Crippen LogP contribution in [0.2, 0.25) is 0 Å². The second-order valence-corrected chi connectivity index (χ2v) is 4.19. The average molecular weight is 202 g/mol. The molecule has 0 aliphatic carbocycles. The second kappa shape index (κ2) is 6.44. The molecule has 0 heterocycles. The van der Waals surface area contributed by atoms with Crippen LogP contribution in [0.3, 0.4) is 0 Å². The molecule has 0 saturated carbocycles. The SMILES string of the molecule is CCCCCC=Cc1cccc(C)c1C. The van der Waals surface area contributed by atoms with E-state index < -0.39 is 0 Å². The molecule has 0 nitrogen and oxygen atoms in total. The third kappa shape index (κ3) is 3.91. The fraction of sp³-hybridized carbons (Fsp3) is 0.467. The van der Waals surface area contributed by atoms with Crippen molar-refractivity contribution in [2.24, 2.45) is 0 Å². The highest BCUT2D eigenvalue weighted by atomic mass is 14.0. The van der Waals surface area contributed by atoms with Crippen LogP contribution in [0, 0.1) is 13.8 Å². The molecular formula is C15H22. The van der Waals surface area contributed by atoms with Gasteiger partial charge in [0, 0.05) is 0 Å². The van der Waals surface area contributed by atoms with Gasteiger partial charge in [-0.25, -0.2) is 0 Å². The highest BCUT2D eigenvalue weighted by Crippen LogP contribution is 2.14. The lowest BCUT2D eigenvalue weighted by molar-refractivity contribution is 0.730. The van der Waals surface area contributed by atoms with Crippen molar-refractivity contribution in [2.45, 2.75) is 46.5 Å². The van der Waals surface area contributed by atoms with E-state index in [9.17, 15) is 0 Å². The second-order valence-electron chi connectivity index (χ2n) is 4.19. The van der Waals surface area contributed by atoms with Gasteiger partial charge >= 0.3 is 0 Å². The molecule has 0 heteroatoms. The first kappa shape index (κ1) is 12.0. The summed E-state index contributed by atoms with van der Waals surface area (Å²) in [7, 11) is 0. The van der Waals surface area contributed by atoms with Crippen molar-refractivity contribution < 1.29 is 0 Å². The lowest BCUT2D eigenvalue weighted by atomic mass is 10.0. The predicted molar refractivity (Wildman–Crippen MR) is 69.1 cm³/mol. The Hall–Kier alpha value is -1.04. The van der Waals surface area contributed by atoms with Crippen molar-refractivity contribution in [2.75, 3.05) is 0 Å². The first-order chi connectivity index (χ1) is 7.25.